The number of amides is 1. The monoisotopic (exact) mass is 641 g/mol. The second-order valence-electron chi connectivity index (χ2n) is 10.9. The summed E-state index contributed by atoms with van der Waals surface area (Å²) in [5, 5.41) is 19.5. The third-order valence-corrected chi connectivity index (χ3v) is 7.69. The zero-order chi connectivity index (χ0) is 33.2. The van der Waals surface area contributed by atoms with Gasteiger partial charge in [0.25, 0.3) is 0 Å². The van der Waals surface area contributed by atoms with Crippen LogP contribution in [0.3, 0.4) is 0 Å². The molecule has 0 atom stereocenters. The Morgan fingerprint density at radius 1 is 1.09 bits per heavy atom. The Hall–Kier alpha value is -5.48. The van der Waals surface area contributed by atoms with Crippen molar-refractivity contribution in [1.82, 2.24) is 19.7 Å². The zero-order valence-electron chi connectivity index (χ0n) is 26.2. The molecule has 1 amide bonds. The first-order chi connectivity index (χ1) is 22.8. The molecule has 0 aliphatic carbocycles. The van der Waals surface area contributed by atoms with Gasteiger partial charge in [-0.2, -0.15) is 10.4 Å². The van der Waals surface area contributed by atoms with Crippen LogP contribution >= 0.6 is 0 Å². The number of hydrogen-bond donors (Lipinski definition) is 2. The third-order valence-electron chi connectivity index (χ3n) is 7.69. The quantitative estimate of drug-likeness (QED) is 0.196. The summed E-state index contributed by atoms with van der Waals surface area (Å²) in [6.45, 7) is 4.74. The van der Waals surface area contributed by atoms with E-state index in [4.69, 9.17) is 19.5 Å². The number of aryl methyl sites for hydroxylation is 1. The molecule has 1 fully saturated rings. The standard InChI is InChI=1S/C34H36FN7O5/c1-3-42-26(11-14-38-42)20-37-30-18-24(34(44)45-2)8-9-29(30)40-32(43)21-41-15-12-27(13-16-41)47-33-6-4-5-25(39-33)22-46-31-10-7-23(19-36)17-28(31)35/h4-11,14,17-18,27,37H,3,12-13,15-16,20-22H2,1-2H3,(H,40,43). The molecule has 2 aromatic carbocycles. The number of rotatable bonds is 13. The molecule has 3 heterocycles. The summed E-state index contributed by atoms with van der Waals surface area (Å²) in [7, 11) is 1.33. The predicted octanol–water partition coefficient (Wildman–Crippen LogP) is 4.77. The van der Waals surface area contributed by atoms with Crippen LogP contribution in [0, 0.1) is 17.1 Å². The average Bonchev–Trinajstić information content (AvgIpc) is 3.55. The number of aromatic nitrogens is 3. The molecule has 12 nitrogen and oxygen atoms in total. The molecule has 0 unspecified atom stereocenters. The smallest absolute Gasteiger partial charge is 0.337 e. The summed E-state index contributed by atoms with van der Waals surface area (Å²) in [5.74, 6) is -0.769. The molecule has 47 heavy (non-hydrogen) atoms. The number of nitriles is 1. The molecule has 1 aliphatic rings. The molecular weight excluding hydrogens is 605 g/mol. The first-order valence-electron chi connectivity index (χ1n) is 15.3. The minimum atomic E-state index is -0.610. The van der Waals surface area contributed by atoms with Crippen molar-refractivity contribution in [3.05, 3.63) is 95.2 Å². The predicted molar refractivity (Wildman–Crippen MR) is 171 cm³/mol. The number of piperidine rings is 1. The number of hydrogen-bond acceptors (Lipinski definition) is 10. The Labute approximate surface area is 272 Å². The van der Waals surface area contributed by atoms with E-state index in [1.807, 2.05) is 23.7 Å². The van der Waals surface area contributed by atoms with Gasteiger partial charge in [-0.3, -0.25) is 14.4 Å². The Balaban J connectivity index is 1.12. The molecule has 1 saturated heterocycles. The number of likely N-dealkylation sites (tertiary alicyclic amines) is 1. The number of benzene rings is 2. The highest BCUT2D eigenvalue weighted by atomic mass is 19.1. The lowest BCUT2D eigenvalue weighted by Gasteiger charge is -2.31. The van der Waals surface area contributed by atoms with Crippen LogP contribution in [0.15, 0.2) is 66.9 Å². The number of esters is 1. The van der Waals surface area contributed by atoms with Crippen molar-refractivity contribution in [2.45, 2.75) is 45.6 Å². The van der Waals surface area contributed by atoms with E-state index in [1.54, 1.807) is 42.6 Å². The second-order valence-corrected chi connectivity index (χ2v) is 10.9. The van der Waals surface area contributed by atoms with Crippen LogP contribution in [0.25, 0.3) is 0 Å². The van der Waals surface area contributed by atoms with E-state index < -0.39 is 11.8 Å². The Morgan fingerprint density at radius 2 is 1.91 bits per heavy atom. The minimum absolute atomic E-state index is 0.0411. The fourth-order valence-corrected chi connectivity index (χ4v) is 5.22. The summed E-state index contributed by atoms with van der Waals surface area (Å²) in [6, 6.07) is 18.1. The van der Waals surface area contributed by atoms with Gasteiger partial charge in [0.05, 0.1) is 60.2 Å². The Kier molecular flexibility index (Phi) is 11.0. The van der Waals surface area contributed by atoms with Gasteiger partial charge in [0, 0.05) is 31.9 Å². The van der Waals surface area contributed by atoms with Crippen LogP contribution in [0.5, 0.6) is 11.6 Å². The van der Waals surface area contributed by atoms with Gasteiger partial charge in [-0.15, -0.1) is 0 Å². The number of methoxy groups -OCH3 is 1. The van der Waals surface area contributed by atoms with Crippen LogP contribution in [0.1, 0.15) is 47.1 Å². The minimum Gasteiger partial charge on any atom is -0.484 e. The Bertz CT molecular complexity index is 1750. The van der Waals surface area contributed by atoms with Gasteiger partial charge in [0.2, 0.25) is 11.8 Å². The van der Waals surface area contributed by atoms with Crippen molar-refractivity contribution in [2.24, 2.45) is 0 Å². The third kappa shape index (κ3) is 8.83. The molecule has 244 valence electrons. The van der Waals surface area contributed by atoms with Crippen molar-refractivity contribution in [3.8, 4) is 17.7 Å². The molecule has 0 saturated carbocycles. The molecule has 13 heteroatoms. The van der Waals surface area contributed by atoms with Crippen molar-refractivity contribution in [3.63, 3.8) is 0 Å². The van der Waals surface area contributed by atoms with Crippen LogP contribution in [0.4, 0.5) is 15.8 Å². The number of carbonyl (C=O) groups is 2. The fraction of sp³-hybridized carbons (Fsp3) is 0.324. The zero-order valence-corrected chi connectivity index (χ0v) is 26.2. The topological polar surface area (TPSA) is 144 Å². The van der Waals surface area contributed by atoms with Crippen LogP contribution in [-0.2, 0) is 29.2 Å². The normalized spacial score (nSPS) is 13.4. The number of halogens is 1. The lowest BCUT2D eigenvalue weighted by atomic mass is 10.1. The molecule has 1 aliphatic heterocycles. The van der Waals surface area contributed by atoms with Crippen LogP contribution in [0.2, 0.25) is 0 Å². The number of pyridine rings is 1. The maximum atomic E-state index is 14.2. The molecule has 2 aromatic heterocycles. The number of carbonyl (C=O) groups excluding carboxylic acids is 2. The summed E-state index contributed by atoms with van der Waals surface area (Å²) < 4.78 is 32.6. The fourth-order valence-electron chi connectivity index (χ4n) is 5.22. The van der Waals surface area contributed by atoms with Gasteiger partial charge in [-0.25, -0.2) is 14.2 Å². The van der Waals surface area contributed by atoms with E-state index >= 15 is 0 Å². The highest BCUT2D eigenvalue weighted by Gasteiger charge is 2.23. The average molecular weight is 642 g/mol. The molecular formula is C34H36FN7O5. The highest BCUT2D eigenvalue weighted by Crippen LogP contribution is 2.26. The van der Waals surface area contributed by atoms with Crippen molar-refractivity contribution in [1.29, 1.82) is 5.26 Å². The van der Waals surface area contributed by atoms with Crippen LogP contribution < -0.4 is 20.1 Å². The van der Waals surface area contributed by atoms with Gasteiger partial charge >= 0.3 is 5.97 Å². The number of ether oxygens (including phenoxy) is 3. The number of nitrogens with zero attached hydrogens (tertiary/aromatic N) is 5. The van der Waals surface area contributed by atoms with E-state index in [-0.39, 0.29) is 36.5 Å². The van der Waals surface area contributed by atoms with Gasteiger partial charge in [0.1, 0.15) is 12.7 Å². The van der Waals surface area contributed by atoms with Gasteiger partial charge < -0.3 is 24.8 Å². The van der Waals surface area contributed by atoms with E-state index in [2.05, 4.69) is 25.6 Å². The Morgan fingerprint density at radius 3 is 2.66 bits per heavy atom. The van der Waals surface area contributed by atoms with Crippen molar-refractivity contribution in [2.75, 3.05) is 37.4 Å². The summed E-state index contributed by atoms with van der Waals surface area (Å²) >= 11 is 0. The number of anilines is 2. The van der Waals surface area contributed by atoms with Gasteiger partial charge in [-0.1, -0.05) is 6.07 Å². The van der Waals surface area contributed by atoms with Gasteiger partial charge in [0.15, 0.2) is 11.6 Å². The summed E-state index contributed by atoms with van der Waals surface area (Å²) in [4.78, 5) is 31.8. The molecule has 4 aromatic rings. The van der Waals surface area contributed by atoms with Crippen LogP contribution in [-0.4, -0.2) is 64.4 Å². The maximum Gasteiger partial charge on any atom is 0.337 e. The first-order valence-corrected chi connectivity index (χ1v) is 15.3. The summed E-state index contributed by atoms with van der Waals surface area (Å²) in [6.07, 6.45) is 3.07. The van der Waals surface area contributed by atoms with Crippen molar-refractivity contribution >= 4 is 23.3 Å². The molecule has 0 bridgehead atoms. The largest absolute Gasteiger partial charge is 0.484 e. The SMILES string of the molecule is CCn1nccc1CNc1cc(C(=O)OC)ccc1NC(=O)CN1CCC(Oc2cccc(COc3ccc(C#N)cc3F)n2)CC1. The lowest BCUT2D eigenvalue weighted by molar-refractivity contribution is -0.117. The van der Waals surface area contributed by atoms with E-state index in [0.29, 0.717) is 61.0 Å². The van der Waals surface area contributed by atoms with Crippen molar-refractivity contribution < 1.29 is 28.2 Å². The molecule has 0 radical (unpaired) electrons. The maximum absolute atomic E-state index is 14.2. The van der Waals surface area contributed by atoms with E-state index in [0.717, 1.165) is 18.3 Å². The molecule has 0 spiro atoms. The second kappa shape index (κ2) is 15.7. The molecule has 2 N–H and O–H groups in total. The highest BCUT2D eigenvalue weighted by molar-refractivity contribution is 5.98. The summed E-state index contributed by atoms with van der Waals surface area (Å²) in [5.41, 5.74) is 3.28. The van der Waals surface area contributed by atoms with E-state index in [9.17, 15) is 14.0 Å². The number of nitrogens with one attached hydrogen (secondary N) is 2. The molecule has 5 rings (SSSR count). The van der Waals surface area contributed by atoms with E-state index in [1.165, 1.54) is 19.2 Å². The lowest BCUT2D eigenvalue weighted by Crippen LogP contribution is -2.42. The first kappa shape index (κ1) is 32.9. The van der Waals surface area contributed by atoms with Gasteiger partial charge in [-0.05, 0) is 68.3 Å².